The van der Waals surface area contributed by atoms with E-state index in [9.17, 15) is 14.4 Å². The molecule has 174 valence electrons. The Morgan fingerprint density at radius 1 is 1.28 bits per heavy atom. The summed E-state index contributed by atoms with van der Waals surface area (Å²) in [5.74, 6) is 0.311. The van der Waals surface area contributed by atoms with Crippen LogP contribution in [0.2, 0.25) is 0 Å². The summed E-state index contributed by atoms with van der Waals surface area (Å²) in [5, 5.41) is 11.5. The lowest BCUT2D eigenvalue weighted by Crippen LogP contribution is -2.51. The van der Waals surface area contributed by atoms with Gasteiger partial charge in [-0.3, -0.25) is 14.4 Å². The van der Waals surface area contributed by atoms with Gasteiger partial charge in [-0.05, 0) is 37.6 Å². The molecule has 3 rings (SSSR count). The SMILES string of the molecule is CCCC(C(=O)NC1CCCC1)N(Cc1cccs1)C(=O)CCC(=O)Nc1cc(C)on1. The average molecular weight is 461 g/mol. The molecule has 3 amide bonds. The molecule has 32 heavy (non-hydrogen) atoms. The van der Waals surface area contributed by atoms with Crippen LogP contribution >= 0.6 is 11.3 Å². The first kappa shape index (κ1) is 24.0. The normalized spacial score (nSPS) is 14.8. The number of amides is 3. The smallest absolute Gasteiger partial charge is 0.243 e. The molecule has 1 fully saturated rings. The molecule has 2 N–H and O–H groups in total. The Bertz CT molecular complexity index is 890. The van der Waals surface area contributed by atoms with Gasteiger partial charge >= 0.3 is 0 Å². The summed E-state index contributed by atoms with van der Waals surface area (Å²) in [5.41, 5.74) is 0. The number of aryl methyl sites for hydroxylation is 1. The van der Waals surface area contributed by atoms with Crippen LogP contribution in [0.5, 0.6) is 0 Å². The first-order valence-electron chi connectivity index (χ1n) is 11.3. The molecule has 1 saturated carbocycles. The number of nitrogens with zero attached hydrogens (tertiary/aromatic N) is 2. The fourth-order valence-corrected chi connectivity index (χ4v) is 4.71. The van der Waals surface area contributed by atoms with Crippen LogP contribution in [0.3, 0.4) is 0 Å². The van der Waals surface area contributed by atoms with Crippen molar-refractivity contribution in [3.05, 3.63) is 34.2 Å². The van der Waals surface area contributed by atoms with Crippen LogP contribution in [0.15, 0.2) is 28.1 Å². The average Bonchev–Trinajstić information content (AvgIpc) is 3.53. The lowest BCUT2D eigenvalue weighted by atomic mass is 10.1. The van der Waals surface area contributed by atoms with Gasteiger partial charge in [-0.2, -0.15) is 0 Å². The number of nitrogens with one attached hydrogen (secondary N) is 2. The van der Waals surface area contributed by atoms with Crippen LogP contribution in [0.1, 0.15) is 68.9 Å². The molecule has 9 heteroatoms. The van der Waals surface area contributed by atoms with Crippen molar-refractivity contribution in [1.29, 1.82) is 0 Å². The first-order valence-corrected chi connectivity index (χ1v) is 12.2. The minimum absolute atomic E-state index is 0.00870. The van der Waals surface area contributed by atoms with Crippen molar-refractivity contribution in [3.63, 3.8) is 0 Å². The molecule has 0 radical (unpaired) electrons. The molecular weight excluding hydrogens is 428 g/mol. The van der Waals surface area contributed by atoms with E-state index >= 15 is 0 Å². The molecule has 8 nitrogen and oxygen atoms in total. The van der Waals surface area contributed by atoms with Crippen LogP contribution in [-0.4, -0.2) is 39.9 Å². The summed E-state index contributed by atoms with van der Waals surface area (Å²) >= 11 is 1.55. The van der Waals surface area contributed by atoms with Gasteiger partial charge in [0.1, 0.15) is 11.8 Å². The van der Waals surface area contributed by atoms with Crippen LogP contribution in [-0.2, 0) is 20.9 Å². The molecule has 0 aromatic carbocycles. The van der Waals surface area contributed by atoms with Crippen molar-refractivity contribution in [2.24, 2.45) is 0 Å². The Balaban J connectivity index is 1.66. The minimum Gasteiger partial charge on any atom is -0.360 e. The fraction of sp³-hybridized carbons (Fsp3) is 0.565. The number of aromatic nitrogens is 1. The highest BCUT2D eigenvalue weighted by Gasteiger charge is 2.31. The minimum atomic E-state index is -0.545. The molecule has 0 spiro atoms. The van der Waals surface area contributed by atoms with Crippen molar-refractivity contribution < 1.29 is 18.9 Å². The maximum atomic E-state index is 13.2. The summed E-state index contributed by atoms with van der Waals surface area (Å²) < 4.78 is 4.94. The summed E-state index contributed by atoms with van der Waals surface area (Å²) in [6.07, 6.45) is 5.63. The van der Waals surface area contributed by atoms with Gasteiger partial charge < -0.3 is 20.1 Å². The van der Waals surface area contributed by atoms with Crippen molar-refractivity contribution in [3.8, 4) is 0 Å². The second-order valence-electron chi connectivity index (χ2n) is 8.27. The number of thiophene rings is 1. The van der Waals surface area contributed by atoms with Gasteiger partial charge in [0.2, 0.25) is 17.7 Å². The van der Waals surface area contributed by atoms with E-state index in [4.69, 9.17) is 4.52 Å². The third-order valence-corrected chi connectivity index (χ3v) is 6.49. The van der Waals surface area contributed by atoms with Gasteiger partial charge in [0.05, 0.1) is 6.54 Å². The molecule has 1 aliphatic carbocycles. The number of carbonyl (C=O) groups excluding carboxylic acids is 3. The second-order valence-corrected chi connectivity index (χ2v) is 9.30. The monoisotopic (exact) mass is 460 g/mol. The van der Waals surface area contributed by atoms with E-state index in [1.165, 1.54) is 0 Å². The largest absolute Gasteiger partial charge is 0.360 e. The van der Waals surface area contributed by atoms with Gasteiger partial charge in [0, 0.05) is 29.8 Å². The Hall–Kier alpha value is -2.68. The molecule has 0 bridgehead atoms. The van der Waals surface area contributed by atoms with Gasteiger partial charge in [0.25, 0.3) is 0 Å². The van der Waals surface area contributed by atoms with Gasteiger partial charge in [-0.25, -0.2) is 0 Å². The number of rotatable bonds is 11. The van der Waals surface area contributed by atoms with Crippen molar-refractivity contribution in [2.75, 3.05) is 5.32 Å². The molecule has 1 unspecified atom stereocenters. The van der Waals surface area contributed by atoms with Crippen molar-refractivity contribution in [2.45, 2.75) is 83.8 Å². The third-order valence-electron chi connectivity index (χ3n) is 5.63. The highest BCUT2D eigenvalue weighted by atomic mass is 32.1. The Labute approximate surface area is 192 Å². The predicted octanol–water partition coefficient (Wildman–Crippen LogP) is 4.02. The zero-order valence-electron chi connectivity index (χ0n) is 18.8. The third kappa shape index (κ3) is 6.91. The van der Waals surface area contributed by atoms with E-state index in [-0.39, 0.29) is 36.6 Å². The van der Waals surface area contributed by atoms with Crippen LogP contribution in [0.4, 0.5) is 5.82 Å². The number of anilines is 1. The number of hydrogen-bond acceptors (Lipinski definition) is 6. The Kier molecular flexibility index (Phi) is 8.84. The first-order chi connectivity index (χ1) is 15.5. The summed E-state index contributed by atoms with van der Waals surface area (Å²) in [6.45, 7) is 4.11. The van der Waals surface area contributed by atoms with E-state index < -0.39 is 6.04 Å². The lowest BCUT2D eigenvalue weighted by Gasteiger charge is -2.31. The standard InChI is InChI=1S/C23H32N4O4S/c1-3-7-19(23(30)24-17-8-4-5-9-17)27(15-18-10-6-13-32-18)22(29)12-11-21(28)25-20-14-16(2)31-26-20/h6,10,13-14,17,19H,3-5,7-9,11-12,15H2,1-2H3,(H,24,30)(H,25,26,28). The van der Waals surface area contributed by atoms with Crippen LogP contribution < -0.4 is 10.6 Å². The summed E-state index contributed by atoms with van der Waals surface area (Å²) in [4.78, 5) is 41.3. The van der Waals surface area contributed by atoms with E-state index in [0.717, 1.165) is 37.0 Å². The number of carbonyl (C=O) groups is 3. The molecular formula is C23H32N4O4S. The Morgan fingerprint density at radius 3 is 2.69 bits per heavy atom. The lowest BCUT2D eigenvalue weighted by molar-refractivity contribution is -0.142. The second kappa shape index (κ2) is 11.8. The molecule has 1 atom stereocenters. The zero-order chi connectivity index (χ0) is 22.9. The zero-order valence-corrected chi connectivity index (χ0v) is 19.6. The quantitative estimate of drug-likeness (QED) is 0.527. The Morgan fingerprint density at radius 2 is 2.06 bits per heavy atom. The summed E-state index contributed by atoms with van der Waals surface area (Å²) in [6, 6.07) is 5.16. The molecule has 0 aliphatic heterocycles. The van der Waals surface area contributed by atoms with E-state index in [2.05, 4.69) is 15.8 Å². The molecule has 2 aromatic heterocycles. The topological polar surface area (TPSA) is 105 Å². The van der Waals surface area contributed by atoms with Gasteiger partial charge in [-0.1, -0.05) is 37.4 Å². The fourth-order valence-electron chi connectivity index (χ4n) is 4.01. The highest BCUT2D eigenvalue weighted by Crippen LogP contribution is 2.21. The van der Waals surface area contributed by atoms with Gasteiger partial charge in [0.15, 0.2) is 5.82 Å². The maximum absolute atomic E-state index is 13.2. The predicted molar refractivity (Wildman–Crippen MR) is 123 cm³/mol. The molecule has 0 saturated heterocycles. The van der Waals surface area contributed by atoms with Crippen LogP contribution in [0, 0.1) is 6.92 Å². The number of hydrogen-bond donors (Lipinski definition) is 2. The molecule has 2 aromatic rings. The van der Waals surface area contributed by atoms with Crippen molar-refractivity contribution in [1.82, 2.24) is 15.4 Å². The van der Waals surface area contributed by atoms with Crippen LogP contribution in [0.25, 0.3) is 0 Å². The van der Waals surface area contributed by atoms with E-state index in [1.54, 1.807) is 29.2 Å². The van der Waals surface area contributed by atoms with Gasteiger partial charge in [-0.15, -0.1) is 11.3 Å². The maximum Gasteiger partial charge on any atom is 0.243 e. The molecule has 1 aliphatic rings. The van der Waals surface area contributed by atoms with E-state index in [0.29, 0.717) is 24.5 Å². The molecule has 2 heterocycles. The highest BCUT2D eigenvalue weighted by molar-refractivity contribution is 7.09. The van der Waals surface area contributed by atoms with E-state index in [1.807, 2.05) is 24.4 Å². The van der Waals surface area contributed by atoms with Crippen molar-refractivity contribution >= 4 is 34.9 Å². The summed E-state index contributed by atoms with van der Waals surface area (Å²) in [7, 11) is 0.